The summed E-state index contributed by atoms with van der Waals surface area (Å²) in [5, 5.41) is 3.36. The number of thioether (sulfide) groups is 1. The predicted molar refractivity (Wildman–Crippen MR) is 108 cm³/mol. The van der Waals surface area contributed by atoms with E-state index in [0.717, 1.165) is 12.2 Å². The number of benzene rings is 2. The Morgan fingerprint density at radius 1 is 1.22 bits per heavy atom. The van der Waals surface area contributed by atoms with Gasteiger partial charge in [0.2, 0.25) is 0 Å². The molecule has 1 heterocycles. The van der Waals surface area contributed by atoms with Crippen LogP contribution in [0.3, 0.4) is 0 Å². The first-order valence-electron chi connectivity index (χ1n) is 8.93. The van der Waals surface area contributed by atoms with E-state index in [0.29, 0.717) is 16.3 Å². The fraction of sp³-hybridized carbons (Fsp3) is 0.333. The molecule has 2 aromatic rings. The maximum absolute atomic E-state index is 14.5. The third-order valence-corrected chi connectivity index (χ3v) is 5.38. The second-order valence-electron chi connectivity index (χ2n) is 6.75. The molecule has 1 aliphatic heterocycles. The fourth-order valence-corrected chi connectivity index (χ4v) is 3.93. The minimum absolute atomic E-state index is 0.0305. The first-order chi connectivity index (χ1) is 13.0. The molecule has 27 heavy (non-hydrogen) atoms. The lowest BCUT2D eigenvalue weighted by atomic mass is 9.93. The molecule has 0 fully saturated rings. The quantitative estimate of drug-likeness (QED) is 0.834. The van der Waals surface area contributed by atoms with Gasteiger partial charge in [0.05, 0.1) is 12.7 Å². The van der Waals surface area contributed by atoms with Crippen LogP contribution in [0, 0.1) is 5.82 Å². The van der Waals surface area contributed by atoms with Crippen molar-refractivity contribution in [1.82, 2.24) is 5.32 Å². The summed E-state index contributed by atoms with van der Waals surface area (Å²) in [5.41, 5.74) is 0.0695. The SMILES string of the molecule is C[C@@H]1CCS/C(NC(=O)c2ccccc2)=N\[C@@](C)(c2ccccc2F)CO1. The van der Waals surface area contributed by atoms with Gasteiger partial charge < -0.3 is 10.1 Å². The van der Waals surface area contributed by atoms with Gasteiger partial charge in [-0.05, 0) is 38.5 Å². The number of halogens is 1. The van der Waals surface area contributed by atoms with Crippen LogP contribution in [0.2, 0.25) is 0 Å². The number of carbonyl (C=O) groups is 1. The van der Waals surface area contributed by atoms with E-state index in [1.165, 1.54) is 17.8 Å². The van der Waals surface area contributed by atoms with Gasteiger partial charge in [-0.25, -0.2) is 9.38 Å². The molecule has 3 rings (SSSR count). The summed E-state index contributed by atoms with van der Waals surface area (Å²) >= 11 is 1.46. The van der Waals surface area contributed by atoms with E-state index in [2.05, 4.69) is 5.32 Å². The Hall–Kier alpha value is -2.18. The molecule has 2 aromatic carbocycles. The molecule has 0 saturated heterocycles. The molecule has 1 N–H and O–H groups in total. The van der Waals surface area contributed by atoms with E-state index in [-0.39, 0.29) is 24.4 Å². The van der Waals surface area contributed by atoms with Gasteiger partial charge in [-0.1, -0.05) is 48.2 Å². The Morgan fingerprint density at radius 3 is 2.67 bits per heavy atom. The molecule has 1 amide bonds. The molecule has 0 bridgehead atoms. The zero-order chi connectivity index (χ0) is 19.3. The molecule has 0 aliphatic carbocycles. The molecular formula is C21H23FN2O2S. The Labute approximate surface area is 163 Å². The smallest absolute Gasteiger partial charge is 0.257 e. The molecule has 0 aromatic heterocycles. The number of aliphatic imine (C=N–C) groups is 1. The van der Waals surface area contributed by atoms with Gasteiger partial charge in [0.15, 0.2) is 5.17 Å². The van der Waals surface area contributed by atoms with E-state index in [1.54, 1.807) is 30.3 Å². The van der Waals surface area contributed by atoms with Gasteiger partial charge >= 0.3 is 0 Å². The van der Waals surface area contributed by atoms with Crippen molar-refractivity contribution in [2.45, 2.75) is 31.9 Å². The number of amides is 1. The van der Waals surface area contributed by atoms with Gasteiger partial charge in [0, 0.05) is 16.9 Å². The number of ether oxygens (including phenoxy) is 1. The van der Waals surface area contributed by atoms with E-state index >= 15 is 0 Å². The van der Waals surface area contributed by atoms with Crippen molar-refractivity contribution in [2.75, 3.05) is 12.4 Å². The second kappa shape index (κ2) is 8.67. The molecule has 2 atom stereocenters. The lowest BCUT2D eigenvalue weighted by molar-refractivity contribution is 0.0323. The normalized spacial score (nSPS) is 25.4. The molecule has 142 valence electrons. The fourth-order valence-electron chi connectivity index (χ4n) is 2.86. The molecule has 0 spiro atoms. The molecule has 0 saturated carbocycles. The van der Waals surface area contributed by atoms with Crippen LogP contribution in [0.4, 0.5) is 4.39 Å². The van der Waals surface area contributed by atoms with Crippen LogP contribution in [-0.4, -0.2) is 29.5 Å². The molecule has 0 unspecified atom stereocenters. The van der Waals surface area contributed by atoms with E-state index in [9.17, 15) is 9.18 Å². The third kappa shape index (κ3) is 4.96. The van der Waals surface area contributed by atoms with E-state index in [4.69, 9.17) is 9.73 Å². The van der Waals surface area contributed by atoms with Crippen LogP contribution in [0.25, 0.3) is 0 Å². The van der Waals surface area contributed by atoms with Crippen molar-refractivity contribution < 1.29 is 13.9 Å². The van der Waals surface area contributed by atoms with Gasteiger partial charge in [-0.3, -0.25) is 4.79 Å². The van der Waals surface area contributed by atoms with Crippen molar-refractivity contribution in [1.29, 1.82) is 0 Å². The van der Waals surface area contributed by atoms with Crippen LogP contribution in [0.1, 0.15) is 36.2 Å². The van der Waals surface area contributed by atoms with Crippen LogP contribution < -0.4 is 5.32 Å². The van der Waals surface area contributed by atoms with Crippen LogP contribution in [0.5, 0.6) is 0 Å². The number of nitrogens with one attached hydrogen (secondary N) is 1. The topological polar surface area (TPSA) is 50.7 Å². The molecule has 0 radical (unpaired) electrons. The lowest BCUT2D eigenvalue weighted by Crippen LogP contribution is -2.34. The predicted octanol–water partition coefficient (Wildman–Crippen LogP) is 4.37. The van der Waals surface area contributed by atoms with E-state index in [1.807, 2.05) is 32.0 Å². The van der Waals surface area contributed by atoms with Crippen molar-refractivity contribution in [3.63, 3.8) is 0 Å². The number of carbonyl (C=O) groups excluding carboxylic acids is 1. The molecular weight excluding hydrogens is 363 g/mol. The summed E-state index contributed by atoms with van der Waals surface area (Å²) < 4.78 is 20.4. The summed E-state index contributed by atoms with van der Waals surface area (Å²) in [6.45, 7) is 4.06. The highest BCUT2D eigenvalue weighted by atomic mass is 32.2. The van der Waals surface area contributed by atoms with Crippen LogP contribution in [0.15, 0.2) is 59.6 Å². The number of nitrogens with zero attached hydrogens (tertiary/aromatic N) is 1. The third-order valence-electron chi connectivity index (χ3n) is 4.47. The largest absolute Gasteiger partial charge is 0.376 e. The van der Waals surface area contributed by atoms with Gasteiger partial charge in [0.25, 0.3) is 5.91 Å². The summed E-state index contributed by atoms with van der Waals surface area (Å²) in [7, 11) is 0. The van der Waals surface area contributed by atoms with Crippen molar-refractivity contribution in [3.8, 4) is 0 Å². The van der Waals surface area contributed by atoms with Crippen molar-refractivity contribution >= 4 is 22.8 Å². The number of amidine groups is 1. The maximum Gasteiger partial charge on any atom is 0.257 e. The average Bonchev–Trinajstić information content (AvgIpc) is 2.73. The minimum Gasteiger partial charge on any atom is -0.376 e. The number of hydrogen-bond acceptors (Lipinski definition) is 4. The monoisotopic (exact) mass is 386 g/mol. The zero-order valence-electron chi connectivity index (χ0n) is 15.4. The highest BCUT2D eigenvalue weighted by Crippen LogP contribution is 2.31. The van der Waals surface area contributed by atoms with Gasteiger partial charge in [-0.15, -0.1) is 0 Å². The average molecular weight is 386 g/mol. The summed E-state index contributed by atoms with van der Waals surface area (Å²) in [5.74, 6) is 0.187. The highest BCUT2D eigenvalue weighted by molar-refractivity contribution is 8.13. The minimum atomic E-state index is -0.934. The summed E-state index contributed by atoms with van der Waals surface area (Å²) in [6.07, 6.45) is 0.848. The Morgan fingerprint density at radius 2 is 1.93 bits per heavy atom. The Bertz CT molecular complexity index is 828. The van der Waals surface area contributed by atoms with Crippen LogP contribution in [-0.2, 0) is 10.3 Å². The molecule has 4 nitrogen and oxygen atoms in total. The molecule has 6 heteroatoms. The second-order valence-corrected chi connectivity index (χ2v) is 7.83. The first-order valence-corrected chi connectivity index (χ1v) is 9.92. The number of rotatable bonds is 2. The Balaban J connectivity index is 1.94. The molecule has 1 aliphatic rings. The summed E-state index contributed by atoms with van der Waals surface area (Å²) in [6, 6.07) is 15.5. The number of hydrogen-bond donors (Lipinski definition) is 1. The van der Waals surface area contributed by atoms with Crippen molar-refractivity contribution in [3.05, 3.63) is 71.5 Å². The standard InChI is InChI=1S/C21H23FN2O2S/c1-15-12-13-27-20(23-19(25)16-8-4-3-5-9-16)24-21(2,14-26-15)17-10-6-7-11-18(17)22/h3-11,15H,12-14H2,1-2H3,(H,23,24,25)/t15-,21-/m1/s1. The van der Waals surface area contributed by atoms with Gasteiger partial charge in [-0.2, -0.15) is 0 Å². The maximum atomic E-state index is 14.5. The first kappa shape index (κ1) is 19.6. The van der Waals surface area contributed by atoms with E-state index < -0.39 is 5.54 Å². The lowest BCUT2D eigenvalue weighted by Gasteiger charge is -2.28. The van der Waals surface area contributed by atoms with Gasteiger partial charge in [0.1, 0.15) is 11.4 Å². The highest BCUT2D eigenvalue weighted by Gasteiger charge is 2.32. The summed E-state index contributed by atoms with van der Waals surface area (Å²) in [4.78, 5) is 17.3. The zero-order valence-corrected chi connectivity index (χ0v) is 16.3. The Kier molecular flexibility index (Phi) is 6.29. The van der Waals surface area contributed by atoms with Crippen molar-refractivity contribution in [2.24, 2.45) is 4.99 Å². The van der Waals surface area contributed by atoms with Crippen LogP contribution >= 0.6 is 11.8 Å².